The second-order valence-electron chi connectivity index (χ2n) is 6.95. The Kier molecular flexibility index (Phi) is 7.47. The molecule has 0 spiro atoms. The van der Waals surface area contributed by atoms with E-state index in [1.807, 2.05) is 43.5 Å². The molecule has 0 N–H and O–H groups in total. The van der Waals surface area contributed by atoms with Crippen molar-refractivity contribution in [3.05, 3.63) is 59.0 Å². The third-order valence-electron chi connectivity index (χ3n) is 5.04. The molecule has 1 aliphatic rings. The molecule has 3 heterocycles. The number of halogens is 2. The fourth-order valence-electron chi connectivity index (χ4n) is 3.53. The van der Waals surface area contributed by atoms with E-state index in [-0.39, 0.29) is 12.4 Å². The summed E-state index contributed by atoms with van der Waals surface area (Å²) >= 11 is 6.34. The van der Waals surface area contributed by atoms with E-state index in [1.54, 1.807) is 0 Å². The van der Waals surface area contributed by atoms with Crippen LogP contribution in [-0.4, -0.2) is 46.2 Å². The van der Waals surface area contributed by atoms with Gasteiger partial charge < -0.3 is 9.42 Å². The number of nitrogens with zero attached hydrogens (tertiary/aromatic N) is 5. The first-order valence-corrected chi connectivity index (χ1v) is 10.1. The molecule has 2 aromatic heterocycles. The van der Waals surface area contributed by atoms with Gasteiger partial charge in [-0.15, -0.1) is 12.4 Å². The molecule has 1 aliphatic heterocycles. The van der Waals surface area contributed by atoms with Crippen LogP contribution in [0.5, 0.6) is 0 Å². The van der Waals surface area contributed by atoms with Gasteiger partial charge in [-0.1, -0.05) is 41.9 Å². The summed E-state index contributed by atoms with van der Waals surface area (Å²) in [6, 6.07) is 12.0. The van der Waals surface area contributed by atoms with Gasteiger partial charge in [-0.2, -0.15) is 4.98 Å². The van der Waals surface area contributed by atoms with Crippen LogP contribution in [0.3, 0.4) is 0 Å². The summed E-state index contributed by atoms with van der Waals surface area (Å²) in [6.45, 7) is 6.70. The summed E-state index contributed by atoms with van der Waals surface area (Å²) in [7, 11) is 0. The zero-order valence-corrected chi connectivity index (χ0v) is 18.0. The number of aromatic nitrogens is 3. The van der Waals surface area contributed by atoms with Gasteiger partial charge in [-0.25, -0.2) is 4.98 Å². The number of rotatable bonds is 5. The first-order chi connectivity index (χ1) is 13.7. The maximum Gasteiger partial charge on any atom is 0.261 e. The van der Waals surface area contributed by atoms with E-state index in [0.717, 1.165) is 62.0 Å². The van der Waals surface area contributed by atoms with Crippen LogP contribution in [0.15, 0.2) is 47.1 Å². The second kappa shape index (κ2) is 10.1. The van der Waals surface area contributed by atoms with E-state index in [9.17, 15) is 0 Å². The Morgan fingerprint density at radius 3 is 2.72 bits per heavy atom. The maximum absolute atomic E-state index is 6.34. The van der Waals surface area contributed by atoms with E-state index < -0.39 is 0 Å². The molecule has 4 rings (SSSR count). The Morgan fingerprint density at radius 1 is 1.07 bits per heavy atom. The fraction of sp³-hybridized carbons (Fsp3) is 0.381. The first-order valence-electron chi connectivity index (χ1n) is 9.73. The molecule has 1 saturated heterocycles. The van der Waals surface area contributed by atoms with Crippen molar-refractivity contribution in [1.29, 1.82) is 0 Å². The Labute approximate surface area is 182 Å². The average Bonchev–Trinajstić information content (AvgIpc) is 3.09. The highest BCUT2D eigenvalue weighted by molar-refractivity contribution is 6.31. The quantitative estimate of drug-likeness (QED) is 0.590. The Bertz CT molecular complexity index is 933. The van der Waals surface area contributed by atoms with Crippen molar-refractivity contribution < 1.29 is 4.52 Å². The molecule has 0 aliphatic carbocycles. The summed E-state index contributed by atoms with van der Waals surface area (Å²) in [5.74, 6) is 2.16. The standard InChI is InChI=1S/C21H24ClN5O.ClH/c1-2-19-24-21(28-25-19)17-8-5-10-23-20(17)27-12-6-11-26(13-14-27)15-16-7-3-4-9-18(16)22;/h3-5,7-10H,2,6,11-15H2,1H3;1H. The summed E-state index contributed by atoms with van der Waals surface area (Å²) < 4.78 is 5.46. The smallest absolute Gasteiger partial charge is 0.261 e. The van der Waals surface area contributed by atoms with Crippen molar-refractivity contribution in [2.75, 3.05) is 31.1 Å². The van der Waals surface area contributed by atoms with Crippen molar-refractivity contribution in [3.63, 3.8) is 0 Å². The summed E-state index contributed by atoms with van der Waals surface area (Å²) in [4.78, 5) is 13.9. The van der Waals surface area contributed by atoms with Crippen molar-refractivity contribution in [2.24, 2.45) is 0 Å². The van der Waals surface area contributed by atoms with Crippen LogP contribution >= 0.6 is 24.0 Å². The van der Waals surface area contributed by atoms with Gasteiger partial charge in [0.1, 0.15) is 5.82 Å². The second-order valence-corrected chi connectivity index (χ2v) is 7.36. The molecule has 154 valence electrons. The molecule has 1 aromatic carbocycles. The van der Waals surface area contributed by atoms with Crippen LogP contribution in [0.4, 0.5) is 5.82 Å². The van der Waals surface area contributed by atoms with E-state index in [4.69, 9.17) is 16.1 Å². The number of anilines is 1. The van der Waals surface area contributed by atoms with Gasteiger partial charge in [0, 0.05) is 50.4 Å². The van der Waals surface area contributed by atoms with Crippen LogP contribution in [0.25, 0.3) is 11.5 Å². The number of hydrogen-bond acceptors (Lipinski definition) is 6. The summed E-state index contributed by atoms with van der Waals surface area (Å²) in [6.07, 6.45) is 3.63. The summed E-state index contributed by atoms with van der Waals surface area (Å²) in [5, 5.41) is 4.86. The van der Waals surface area contributed by atoms with Crippen LogP contribution in [0, 0.1) is 0 Å². The molecule has 6 nitrogen and oxygen atoms in total. The minimum Gasteiger partial charge on any atom is -0.355 e. The lowest BCUT2D eigenvalue weighted by molar-refractivity contribution is 0.285. The molecule has 0 bridgehead atoms. The van der Waals surface area contributed by atoms with E-state index in [1.165, 1.54) is 5.56 Å². The van der Waals surface area contributed by atoms with Gasteiger partial charge in [-0.05, 0) is 30.2 Å². The number of hydrogen-bond donors (Lipinski definition) is 0. The van der Waals surface area contributed by atoms with Gasteiger partial charge in [0.05, 0.1) is 5.56 Å². The van der Waals surface area contributed by atoms with E-state index in [0.29, 0.717) is 11.7 Å². The third-order valence-corrected chi connectivity index (χ3v) is 5.41. The van der Waals surface area contributed by atoms with Crippen molar-refractivity contribution in [3.8, 4) is 11.5 Å². The molecule has 1 fully saturated rings. The lowest BCUT2D eigenvalue weighted by Crippen LogP contribution is -2.31. The van der Waals surface area contributed by atoms with Gasteiger partial charge in [-0.3, -0.25) is 4.90 Å². The molecular weight excluding hydrogens is 409 g/mol. The Hall–Kier alpha value is -2.15. The lowest BCUT2D eigenvalue weighted by atomic mass is 10.2. The minimum absolute atomic E-state index is 0. The molecule has 0 amide bonds. The molecule has 29 heavy (non-hydrogen) atoms. The van der Waals surface area contributed by atoms with Gasteiger partial charge in [0.25, 0.3) is 5.89 Å². The van der Waals surface area contributed by atoms with Gasteiger partial charge in [0.2, 0.25) is 0 Å². The SMILES string of the molecule is CCc1noc(-c2cccnc2N2CCCN(Cc3ccccc3Cl)CC2)n1.Cl. The summed E-state index contributed by atoms with van der Waals surface area (Å²) in [5.41, 5.74) is 2.07. The lowest BCUT2D eigenvalue weighted by Gasteiger charge is -2.24. The minimum atomic E-state index is 0. The topological polar surface area (TPSA) is 58.3 Å². The average molecular weight is 434 g/mol. The van der Waals surface area contributed by atoms with E-state index >= 15 is 0 Å². The zero-order valence-electron chi connectivity index (χ0n) is 16.4. The molecular formula is C21H25Cl2N5O. The molecule has 0 unspecified atom stereocenters. The maximum atomic E-state index is 6.34. The molecule has 0 radical (unpaired) electrons. The van der Waals surface area contributed by atoms with Crippen molar-refractivity contribution in [1.82, 2.24) is 20.0 Å². The number of benzene rings is 1. The first kappa shape index (κ1) is 21.6. The molecule has 0 atom stereocenters. The van der Waals surface area contributed by atoms with Crippen LogP contribution in [0.2, 0.25) is 5.02 Å². The van der Waals surface area contributed by atoms with Crippen molar-refractivity contribution >= 4 is 29.8 Å². The molecule has 3 aromatic rings. The third kappa shape index (κ3) is 5.07. The van der Waals surface area contributed by atoms with E-state index in [2.05, 4.69) is 31.0 Å². The Morgan fingerprint density at radius 2 is 1.93 bits per heavy atom. The van der Waals surface area contributed by atoms with Crippen LogP contribution in [-0.2, 0) is 13.0 Å². The predicted octanol–water partition coefficient (Wildman–Crippen LogP) is 4.48. The van der Waals surface area contributed by atoms with Crippen LogP contribution < -0.4 is 4.90 Å². The largest absolute Gasteiger partial charge is 0.355 e. The Balaban J connectivity index is 0.00000240. The molecule has 0 saturated carbocycles. The van der Waals surface area contributed by atoms with Gasteiger partial charge >= 0.3 is 0 Å². The molecule has 8 heteroatoms. The highest BCUT2D eigenvalue weighted by atomic mass is 35.5. The monoisotopic (exact) mass is 433 g/mol. The zero-order chi connectivity index (χ0) is 19.3. The number of pyridine rings is 1. The van der Waals surface area contributed by atoms with Crippen LogP contribution in [0.1, 0.15) is 24.7 Å². The predicted molar refractivity (Wildman–Crippen MR) is 118 cm³/mol. The number of aryl methyl sites for hydroxylation is 1. The van der Waals surface area contributed by atoms with Gasteiger partial charge in [0.15, 0.2) is 5.82 Å². The fourth-order valence-corrected chi connectivity index (χ4v) is 3.73. The normalized spacial score (nSPS) is 15.0. The highest BCUT2D eigenvalue weighted by Crippen LogP contribution is 2.28. The van der Waals surface area contributed by atoms with Crippen molar-refractivity contribution in [2.45, 2.75) is 26.3 Å². The highest BCUT2D eigenvalue weighted by Gasteiger charge is 2.21.